The first-order valence-electron chi connectivity index (χ1n) is 5.67. The number of nitrogens with two attached hydrogens (primary N) is 1. The maximum absolute atomic E-state index is 13.7. The number of ether oxygens (including phenoxy) is 2. The minimum absolute atomic E-state index is 0.00939. The molecule has 0 amide bonds. The second-order valence-corrected chi connectivity index (χ2v) is 5.02. The van der Waals surface area contributed by atoms with Crippen molar-refractivity contribution in [3.63, 3.8) is 0 Å². The first kappa shape index (κ1) is 15.4. The van der Waals surface area contributed by atoms with Crippen molar-refractivity contribution in [2.45, 2.75) is 32.4 Å². The molecule has 0 saturated carbocycles. The SMILES string of the molecule is COc1cc(F)c(C(N)C(=O)OC(C)(C)C)c(F)c1. The van der Waals surface area contributed by atoms with E-state index in [-0.39, 0.29) is 5.75 Å². The van der Waals surface area contributed by atoms with Crippen molar-refractivity contribution in [3.8, 4) is 5.75 Å². The summed E-state index contributed by atoms with van der Waals surface area (Å²) < 4.78 is 37.2. The predicted octanol–water partition coefficient (Wildman–Crippen LogP) is 2.31. The molecule has 1 unspecified atom stereocenters. The van der Waals surface area contributed by atoms with Crippen molar-refractivity contribution in [2.24, 2.45) is 5.73 Å². The second kappa shape index (κ2) is 5.52. The zero-order chi connectivity index (χ0) is 14.8. The van der Waals surface area contributed by atoms with E-state index in [1.54, 1.807) is 20.8 Å². The molecule has 0 spiro atoms. The Labute approximate surface area is 110 Å². The molecular weight excluding hydrogens is 256 g/mol. The molecule has 19 heavy (non-hydrogen) atoms. The van der Waals surface area contributed by atoms with Gasteiger partial charge >= 0.3 is 5.97 Å². The Kier molecular flexibility index (Phi) is 4.47. The van der Waals surface area contributed by atoms with E-state index in [0.717, 1.165) is 12.1 Å². The van der Waals surface area contributed by atoms with Crippen LogP contribution in [0.15, 0.2) is 12.1 Å². The molecule has 0 aliphatic heterocycles. The van der Waals surface area contributed by atoms with Crippen LogP contribution in [0.4, 0.5) is 8.78 Å². The molecule has 0 aromatic heterocycles. The molecule has 0 radical (unpaired) electrons. The largest absolute Gasteiger partial charge is 0.497 e. The van der Waals surface area contributed by atoms with Gasteiger partial charge in [-0.2, -0.15) is 0 Å². The second-order valence-electron chi connectivity index (χ2n) is 5.02. The Morgan fingerprint density at radius 3 is 2.11 bits per heavy atom. The van der Waals surface area contributed by atoms with Crippen LogP contribution in [-0.4, -0.2) is 18.7 Å². The van der Waals surface area contributed by atoms with Crippen LogP contribution in [0.3, 0.4) is 0 Å². The van der Waals surface area contributed by atoms with Crippen LogP contribution in [0.25, 0.3) is 0 Å². The number of rotatable bonds is 3. The number of carbonyl (C=O) groups excluding carboxylic acids is 1. The van der Waals surface area contributed by atoms with Crippen LogP contribution in [0.2, 0.25) is 0 Å². The molecule has 0 heterocycles. The lowest BCUT2D eigenvalue weighted by molar-refractivity contribution is -0.156. The highest BCUT2D eigenvalue weighted by Crippen LogP contribution is 2.26. The highest BCUT2D eigenvalue weighted by molar-refractivity contribution is 5.78. The van der Waals surface area contributed by atoms with Gasteiger partial charge in [-0.05, 0) is 20.8 Å². The molecule has 106 valence electrons. The van der Waals surface area contributed by atoms with Crippen LogP contribution in [0.5, 0.6) is 5.75 Å². The van der Waals surface area contributed by atoms with Gasteiger partial charge in [-0.1, -0.05) is 0 Å². The van der Waals surface area contributed by atoms with Crippen molar-refractivity contribution in [1.82, 2.24) is 0 Å². The van der Waals surface area contributed by atoms with Crippen LogP contribution in [0.1, 0.15) is 32.4 Å². The molecule has 4 nitrogen and oxygen atoms in total. The average molecular weight is 273 g/mol. The summed E-state index contributed by atoms with van der Waals surface area (Å²) in [5, 5.41) is 0. The van der Waals surface area contributed by atoms with Crippen molar-refractivity contribution < 1.29 is 23.0 Å². The smallest absolute Gasteiger partial charge is 0.328 e. The summed E-state index contributed by atoms with van der Waals surface area (Å²) in [7, 11) is 1.28. The van der Waals surface area contributed by atoms with Gasteiger partial charge in [0.15, 0.2) is 0 Å². The fraction of sp³-hybridized carbons (Fsp3) is 0.462. The summed E-state index contributed by atoms with van der Waals surface area (Å²) in [6, 6.07) is 0.399. The maximum atomic E-state index is 13.7. The maximum Gasteiger partial charge on any atom is 0.328 e. The molecule has 2 N–H and O–H groups in total. The number of carbonyl (C=O) groups is 1. The van der Waals surface area contributed by atoms with E-state index in [4.69, 9.17) is 15.2 Å². The fourth-order valence-corrected chi connectivity index (χ4v) is 1.46. The molecule has 1 rings (SSSR count). The number of esters is 1. The van der Waals surface area contributed by atoms with E-state index in [0.29, 0.717) is 0 Å². The van der Waals surface area contributed by atoms with Crippen molar-refractivity contribution in [2.75, 3.05) is 7.11 Å². The predicted molar refractivity (Wildman–Crippen MR) is 65.7 cm³/mol. The first-order valence-corrected chi connectivity index (χ1v) is 5.67. The van der Waals surface area contributed by atoms with E-state index >= 15 is 0 Å². The summed E-state index contributed by atoms with van der Waals surface area (Å²) in [5.74, 6) is -2.78. The number of halogens is 2. The van der Waals surface area contributed by atoms with E-state index in [1.807, 2.05) is 0 Å². The van der Waals surface area contributed by atoms with Crippen LogP contribution in [0, 0.1) is 11.6 Å². The van der Waals surface area contributed by atoms with Gasteiger partial charge in [0, 0.05) is 12.1 Å². The van der Waals surface area contributed by atoms with Gasteiger partial charge in [-0.15, -0.1) is 0 Å². The summed E-state index contributed by atoms with van der Waals surface area (Å²) in [4.78, 5) is 11.7. The Morgan fingerprint density at radius 2 is 1.74 bits per heavy atom. The minimum atomic E-state index is -1.52. The molecule has 0 bridgehead atoms. The fourth-order valence-electron chi connectivity index (χ4n) is 1.46. The number of hydrogen-bond acceptors (Lipinski definition) is 4. The number of benzene rings is 1. The highest BCUT2D eigenvalue weighted by atomic mass is 19.1. The third-order valence-corrected chi connectivity index (χ3v) is 2.26. The summed E-state index contributed by atoms with van der Waals surface area (Å²) in [6.45, 7) is 4.91. The molecule has 1 aromatic rings. The Balaban J connectivity index is 3.06. The molecule has 6 heteroatoms. The van der Waals surface area contributed by atoms with Crippen LogP contribution >= 0.6 is 0 Å². The minimum Gasteiger partial charge on any atom is -0.497 e. The molecular formula is C13H17F2NO3. The zero-order valence-electron chi connectivity index (χ0n) is 11.3. The number of methoxy groups -OCH3 is 1. The lowest BCUT2D eigenvalue weighted by Crippen LogP contribution is -2.32. The zero-order valence-corrected chi connectivity index (χ0v) is 11.3. The van der Waals surface area contributed by atoms with Gasteiger partial charge in [0.1, 0.15) is 29.0 Å². The molecule has 0 saturated heterocycles. The summed E-state index contributed by atoms with van der Waals surface area (Å²) in [5.41, 5.74) is 4.23. The molecule has 1 aromatic carbocycles. The highest BCUT2D eigenvalue weighted by Gasteiger charge is 2.28. The van der Waals surface area contributed by atoms with Gasteiger partial charge in [0.25, 0.3) is 0 Å². The van der Waals surface area contributed by atoms with E-state index < -0.39 is 34.8 Å². The lowest BCUT2D eigenvalue weighted by Gasteiger charge is -2.22. The lowest BCUT2D eigenvalue weighted by atomic mass is 10.1. The third kappa shape index (κ3) is 3.89. The van der Waals surface area contributed by atoms with Crippen molar-refractivity contribution in [1.29, 1.82) is 0 Å². The first-order chi connectivity index (χ1) is 8.65. The van der Waals surface area contributed by atoms with Gasteiger partial charge < -0.3 is 15.2 Å². The normalized spacial score (nSPS) is 13.0. The molecule has 0 aliphatic rings. The van der Waals surface area contributed by atoms with E-state index in [1.165, 1.54) is 7.11 Å². The average Bonchev–Trinajstić information content (AvgIpc) is 2.25. The van der Waals surface area contributed by atoms with E-state index in [9.17, 15) is 13.6 Å². The van der Waals surface area contributed by atoms with Crippen molar-refractivity contribution in [3.05, 3.63) is 29.3 Å². The number of hydrogen-bond donors (Lipinski definition) is 1. The van der Waals surface area contributed by atoms with Gasteiger partial charge in [-0.3, -0.25) is 0 Å². The quantitative estimate of drug-likeness (QED) is 0.858. The Bertz CT molecular complexity index is 460. The topological polar surface area (TPSA) is 61.5 Å². The standard InChI is InChI=1S/C13H17F2NO3/c1-13(2,3)19-12(17)11(16)10-8(14)5-7(18-4)6-9(10)15/h5-6,11H,16H2,1-4H3. The Morgan fingerprint density at radius 1 is 1.26 bits per heavy atom. The van der Waals surface area contributed by atoms with Gasteiger partial charge in [-0.25, -0.2) is 13.6 Å². The van der Waals surface area contributed by atoms with Gasteiger partial charge in [0.05, 0.1) is 12.7 Å². The van der Waals surface area contributed by atoms with Crippen LogP contribution < -0.4 is 10.5 Å². The van der Waals surface area contributed by atoms with Crippen LogP contribution in [-0.2, 0) is 9.53 Å². The third-order valence-electron chi connectivity index (χ3n) is 2.26. The monoisotopic (exact) mass is 273 g/mol. The van der Waals surface area contributed by atoms with E-state index in [2.05, 4.69) is 0 Å². The molecule has 1 atom stereocenters. The summed E-state index contributed by atoms with van der Waals surface area (Å²) >= 11 is 0. The molecule has 0 aliphatic carbocycles. The van der Waals surface area contributed by atoms with Crippen molar-refractivity contribution >= 4 is 5.97 Å². The molecule has 0 fully saturated rings. The Hall–Kier alpha value is -1.69. The summed E-state index contributed by atoms with van der Waals surface area (Å²) in [6.07, 6.45) is 0. The van der Waals surface area contributed by atoms with Gasteiger partial charge in [0.2, 0.25) is 0 Å².